The van der Waals surface area contributed by atoms with Crippen molar-refractivity contribution in [1.82, 2.24) is 4.90 Å². The summed E-state index contributed by atoms with van der Waals surface area (Å²) in [6.07, 6.45) is 0.706. The third kappa shape index (κ3) is 4.10. The number of amides is 1. The van der Waals surface area contributed by atoms with Crippen LogP contribution >= 0.6 is 23.2 Å². The van der Waals surface area contributed by atoms with Gasteiger partial charge in [-0.05, 0) is 31.5 Å². The fraction of sp³-hybridized carbons (Fsp3) is 0.417. The summed E-state index contributed by atoms with van der Waals surface area (Å²) in [6.45, 7) is 2.42. The number of phenolic OH excluding ortho intramolecular Hbond substituents is 1. The lowest BCUT2D eigenvalue weighted by atomic mass is 10.1. The second kappa shape index (κ2) is 6.12. The minimum Gasteiger partial charge on any atom is -0.507 e. The zero-order valence-electron chi connectivity index (χ0n) is 9.78. The Balaban J connectivity index is 2.75. The van der Waals surface area contributed by atoms with Crippen LogP contribution in [0.3, 0.4) is 0 Å². The summed E-state index contributed by atoms with van der Waals surface area (Å²) in [5, 5.41) is 10.0. The van der Waals surface area contributed by atoms with Crippen LogP contribution in [0, 0.1) is 0 Å². The predicted molar refractivity (Wildman–Crippen MR) is 70.0 cm³/mol. The first-order valence-electron chi connectivity index (χ1n) is 5.30. The van der Waals surface area contributed by atoms with Crippen molar-refractivity contribution in [2.75, 3.05) is 13.6 Å². The van der Waals surface area contributed by atoms with Gasteiger partial charge in [-0.1, -0.05) is 11.6 Å². The summed E-state index contributed by atoms with van der Waals surface area (Å²) in [6, 6.07) is 4.44. The molecule has 0 aliphatic rings. The molecule has 94 valence electrons. The number of carbonyl (C=O) groups excluding carboxylic acids is 1. The Bertz CT molecular complexity index is 407. The zero-order chi connectivity index (χ0) is 13.0. The average Bonchev–Trinajstić information content (AvgIpc) is 2.25. The number of aromatic hydroxyl groups is 1. The molecule has 1 unspecified atom stereocenters. The molecule has 3 nitrogen and oxygen atoms in total. The molecule has 0 saturated heterocycles. The van der Waals surface area contributed by atoms with E-state index >= 15 is 0 Å². The third-order valence-electron chi connectivity index (χ3n) is 2.40. The first kappa shape index (κ1) is 14.1. The van der Waals surface area contributed by atoms with Gasteiger partial charge in [-0.15, -0.1) is 11.6 Å². The number of nitrogens with zero attached hydrogens (tertiary/aromatic N) is 1. The molecule has 0 fully saturated rings. The monoisotopic (exact) mass is 275 g/mol. The molecule has 1 N–H and O–H groups in total. The Kier molecular flexibility index (Phi) is 5.09. The largest absolute Gasteiger partial charge is 0.507 e. The number of carbonyl (C=O) groups is 1. The molecule has 1 rings (SSSR count). The molecule has 0 heterocycles. The van der Waals surface area contributed by atoms with E-state index in [9.17, 15) is 9.90 Å². The van der Waals surface area contributed by atoms with Crippen LogP contribution in [-0.4, -0.2) is 34.9 Å². The maximum absolute atomic E-state index is 12.0. The smallest absolute Gasteiger partial charge is 0.257 e. The molecular weight excluding hydrogens is 261 g/mol. The Morgan fingerprint density at radius 3 is 2.71 bits per heavy atom. The number of phenols is 1. The van der Waals surface area contributed by atoms with Gasteiger partial charge >= 0.3 is 0 Å². The van der Waals surface area contributed by atoms with Gasteiger partial charge < -0.3 is 10.0 Å². The van der Waals surface area contributed by atoms with Crippen molar-refractivity contribution in [2.24, 2.45) is 0 Å². The van der Waals surface area contributed by atoms with E-state index in [4.69, 9.17) is 23.2 Å². The van der Waals surface area contributed by atoms with Gasteiger partial charge in [0.15, 0.2) is 0 Å². The van der Waals surface area contributed by atoms with E-state index in [1.165, 1.54) is 17.0 Å². The Morgan fingerprint density at radius 1 is 1.53 bits per heavy atom. The fourth-order valence-corrected chi connectivity index (χ4v) is 1.63. The van der Waals surface area contributed by atoms with E-state index in [-0.39, 0.29) is 22.6 Å². The fourth-order valence-electron chi connectivity index (χ4n) is 1.36. The van der Waals surface area contributed by atoms with E-state index in [1.807, 2.05) is 6.92 Å². The molecule has 1 aromatic rings. The Labute approximate surface area is 111 Å². The summed E-state index contributed by atoms with van der Waals surface area (Å²) < 4.78 is 0. The maximum Gasteiger partial charge on any atom is 0.257 e. The third-order valence-corrected chi connectivity index (χ3v) is 2.85. The summed E-state index contributed by atoms with van der Waals surface area (Å²) in [5.41, 5.74) is 0.249. The minimum atomic E-state index is -0.239. The predicted octanol–water partition coefficient (Wildman–Crippen LogP) is 3.14. The van der Waals surface area contributed by atoms with Crippen molar-refractivity contribution in [3.05, 3.63) is 28.8 Å². The lowest BCUT2D eigenvalue weighted by Gasteiger charge is -2.18. The van der Waals surface area contributed by atoms with E-state index < -0.39 is 0 Å². The first-order chi connectivity index (χ1) is 7.91. The number of hydrogen-bond donors (Lipinski definition) is 1. The Morgan fingerprint density at radius 2 is 2.18 bits per heavy atom. The van der Waals surface area contributed by atoms with E-state index in [1.54, 1.807) is 13.1 Å². The van der Waals surface area contributed by atoms with Crippen molar-refractivity contribution in [1.29, 1.82) is 0 Å². The summed E-state index contributed by atoms with van der Waals surface area (Å²) in [4.78, 5) is 13.5. The van der Waals surface area contributed by atoms with Crippen LogP contribution in [-0.2, 0) is 0 Å². The van der Waals surface area contributed by atoms with Gasteiger partial charge in [0.05, 0.1) is 5.56 Å². The van der Waals surface area contributed by atoms with Crippen molar-refractivity contribution >= 4 is 29.1 Å². The topological polar surface area (TPSA) is 40.5 Å². The normalized spacial score (nSPS) is 12.2. The molecule has 0 aromatic heterocycles. The van der Waals surface area contributed by atoms with Crippen LogP contribution in [0.4, 0.5) is 0 Å². The average molecular weight is 276 g/mol. The SMILES string of the molecule is CC(Cl)CCN(C)C(=O)c1ccc(Cl)cc1O. The quantitative estimate of drug-likeness (QED) is 0.858. The van der Waals surface area contributed by atoms with E-state index in [0.29, 0.717) is 18.0 Å². The molecule has 1 amide bonds. The molecule has 17 heavy (non-hydrogen) atoms. The number of alkyl halides is 1. The van der Waals surface area contributed by atoms with Crippen molar-refractivity contribution in [3.8, 4) is 5.75 Å². The molecule has 1 aromatic carbocycles. The van der Waals surface area contributed by atoms with Gasteiger partial charge in [0.1, 0.15) is 5.75 Å². The standard InChI is InChI=1S/C12H15Cl2NO2/c1-8(13)5-6-15(2)12(17)10-4-3-9(14)7-11(10)16/h3-4,7-8,16H,5-6H2,1-2H3. The van der Waals surface area contributed by atoms with Crippen molar-refractivity contribution in [3.63, 3.8) is 0 Å². The van der Waals surface area contributed by atoms with Gasteiger partial charge in [0.25, 0.3) is 5.91 Å². The van der Waals surface area contributed by atoms with Crippen molar-refractivity contribution < 1.29 is 9.90 Å². The van der Waals surface area contributed by atoms with E-state index in [2.05, 4.69) is 0 Å². The summed E-state index contributed by atoms with van der Waals surface area (Å²) in [7, 11) is 1.68. The first-order valence-corrected chi connectivity index (χ1v) is 6.11. The molecule has 5 heteroatoms. The highest BCUT2D eigenvalue weighted by molar-refractivity contribution is 6.30. The highest BCUT2D eigenvalue weighted by atomic mass is 35.5. The lowest BCUT2D eigenvalue weighted by Crippen LogP contribution is -2.28. The van der Waals surface area contributed by atoms with Gasteiger partial charge in [-0.2, -0.15) is 0 Å². The molecule has 0 aliphatic heterocycles. The van der Waals surface area contributed by atoms with Crippen LogP contribution < -0.4 is 0 Å². The van der Waals surface area contributed by atoms with Crippen LogP contribution in [0.5, 0.6) is 5.75 Å². The number of benzene rings is 1. The highest BCUT2D eigenvalue weighted by Gasteiger charge is 2.16. The van der Waals surface area contributed by atoms with E-state index in [0.717, 1.165) is 0 Å². The summed E-state index contributed by atoms with van der Waals surface area (Å²) >= 11 is 11.5. The van der Waals surface area contributed by atoms with Gasteiger partial charge in [-0.25, -0.2) is 0 Å². The highest BCUT2D eigenvalue weighted by Crippen LogP contribution is 2.23. The molecular formula is C12H15Cl2NO2. The molecule has 0 radical (unpaired) electrons. The van der Waals surface area contributed by atoms with Gasteiger partial charge in [-0.3, -0.25) is 4.79 Å². The van der Waals surface area contributed by atoms with Gasteiger partial charge in [0.2, 0.25) is 0 Å². The zero-order valence-corrected chi connectivity index (χ0v) is 11.3. The van der Waals surface area contributed by atoms with Crippen LogP contribution in [0.1, 0.15) is 23.7 Å². The summed E-state index contributed by atoms with van der Waals surface area (Å²) in [5.74, 6) is -0.343. The second-order valence-electron chi connectivity index (χ2n) is 3.96. The van der Waals surface area contributed by atoms with Gasteiger partial charge in [0, 0.05) is 24.0 Å². The molecule has 1 atom stereocenters. The number of halogens is 2. The van der Waals surface area contributed by atoms with Crippen LogP contribution in [0.15, 0.2) is 18.2 Å². The molecule has 0 bridgehead atoms. The lowest BCUT2D eigenvalue weighted by molar-refractivity contribution is 0.0790. The molecule has 0 saturated carbocycles. The molecule has 0 aliphatic carbocycles. The Hall–Kier alpha value is -0.930. The second-order valence-corrected chi connectivity index (χ2v) is 5.14. The maximum atomic E-state index is 12.0. The number of rotatable bonds is 4. The van der Waals surface area contributed by atoms with Crippen LogP contribution in [0.25, 0.3) is 0 Å². The minimum absolute atomic E-state index is 0.0177. The van der Waals surface area contributed by atoms with Crippen LogP contribution in [0.2, 0.25) is 5.02 Å². The number of hydrogen-bond acceptors (Lipinski definition) is 2. The van der Waals surface area contributed by atoms with Crippen molar-refractivity contribution in [2.45, 2.75) is 18.7 Å². The molecule has 0 spiro atoms.